The molecule has 5 aromatic rings. The predicted octanol–water partition coefficient (Wildman–Crippen LogP) is 5.01. The van der Waals surface area contributed by atoms with Crippen molar-refractivity contribution in [1.29, 1.82) is 0 Å². The van der Waals surface area contributed by atoms with Crippen LogP contribution in [0.15, 0.2) is 55.0 Å². The first-order valence-corrected chi connectivity index (χ1v) is 11.7. The lowest BCUT2D eigenvalue weighted by Crippen LogP contribution is -2.36. The van der Waals surface area contributed by atoms with Crippen LogP contribution in [0.1, 0.15) is 24.1 Å². The van der Waals surface area contributed by atoms with Crippen molar-refractivity contribution in [2.24, 2.45) is 0 Å². The third-order valence-corrected chi connectivity index (χ3v) is 6.61. The first-order valence-electron chi connectivity index (χ1n) is 11.7. The van der Waals surface area contributed by atoms with Crippen molar-refractivity contribution in [3.63, 3.8) is 0 Å². The maximum absolute atomic E-state index is 15.4. The Kier molecular flexibility index (Phi) is 5.52. The second-order valence-corrected chi connectivity index (χ2v) is 8.97. The minimum atomic E-state index is -1.39. The Labute approximate surface area is 204 Å². The number of rotatable bonds is 5. The van der Waals surface area contributed by atoms with Gasteiger partial charge in [-0.1, -0.05) is 0 Å². The van der Waals surface area contributed by atoms with Gasteiger partial charge in [-0.2, -0.15) is 5.10 Å². The Morgan fingerprint density at radius 2 is 1.64 bits per heavy atom. The van der Waals surface area contributed by atoms with E-state index in [0.717, 1.165) is 17.4 Å². The molecule has 3 N–H and O–H groups in total. The SMILES string of the molecule is Fc1cc(F)cc(-c2cnc3c(CNc4ccnc5cc(C6(F)CCNCC6)cnc45)[nH]nc3c2)c1. The number of aromatic amines is 1. The first kappa shape index (κ1) is 22.4. The molecule has 0 amide bonds. The molecule has 0 unspecified atom stereocenters. The van der Waals surface area contributed by atoms with Crippen LogP contribution in [0.2, 0.25) is 0 Å². The number of nitrogens with one attached hydrogen (secondary N) is 3. The Hall–Kier alpha value is -4.05. The summed E-state index contributed by atoms with van der Waals surface area (Å²) < 4.78 is 42.7. The number of piperidine rings is 1. The van der Waals surface area contributed by atoms with Crippen LogP contribution >= 0.6 is 0 Å². The quantitative estimate of drug-likeness (QED) is 0.322. The van der Waals surface area contributed by atoms with E-state index in [1.54, 1.807) is 30.7 Å². The summed E-state index contributed by atoms with van der Waals surface area (Å²) in [4.78, 5) is 13.4. The lowest BCUT2D eigenvalue weighted by atomic mass is 9.87. The van der Waals surface area contributed by atoms with Crippen LogP contribution in [-0.2, 0) is 12.2 Å². The summed E-state index contributed by atoms with van der Waals surface area (Å²) in [5, 5.41) is 13.8. The summed E-state index contributed by atoms with van der Waals surface area (Å²) in [6, 6.07) is 8.66. The van der Waals surface area contributed by atoms with Crippen molar-refractivity contribution in [2.75, 3.05) is 18.4 Å². The number of aromatic nitrogens is 5. The first-order chi connectivity index (χ1) is 17.5. The summed E-state index contributed by atoms with van der Waals surface area (Å²) in [7, 11) is 0. The topological polar surface area (TPSA) is 91.4 Å². The van der Waals surface area contributed by atoms with E-state index in [2.05, 4.69) is 35.8 Å². The van der Waals surface area contributed by atoms with Gasteiger partial charge in [0.25, 0.3) is 0 Å². The number of anilines is 1. The van der Waals surface area contributed by atoms with Crippen LogP contribution in [-0.4, -0.2) is 38.2 Å². The van der Waals surface area contributed by atoms with Gasteiger partial charge in [-0.3, -0.25) is 20.1 Å². The van der Waals surface area contributed by atoms with E-state index in [1.165, 1.54) is 12.1 Å². The van der Waals surface area contributed by atoms with E-state index in [9.17, 15) is 8.78 Å². The molecule has 7 nitrogen and oxygen atoms in total. The monoisotopic (exact) mass is 489 g/mol. The third-order valence-electron chi connectivity index (χ3n) is 6.61. The highest BCUT2D eigenvalue weighted by Crippen LogP contribution is 2.36. The predicted molar refractivity (Wildman–Crippen MR) is 131 cm³/mol. The molecule has 36 heavy (non-hydrogen) atoms. The largest absolute Gasteiger partial charge is 0.377 e. The second kappa shape index (κ2) is 8.87. The van der Waals surface area contributed by atoms with E-state index >= 15 is 4.39 Å². The summed E-state index contributed by atoms with van der Waals surface area (Å²) >= 11 is 0. The molecule has 5 heterocycles. The minimum absolute atomic E-state index is 0.374. The molecular weight excluding hydrogens is 467 g/mol. The molecule has 6 rings (SSSR count). The normalized spacial score (nSPS) is 15.4. The van der Waals surface area contributed by atoms with Gasteiger partial charge in [0.15, 0.2) is 0 Å². The zero-order valence-corrected chi connectivity index (χ0v) is 19.2. The standard InChI is InChI=1S/C26H22F3N7/c27-18-7-15(8-19(28)11-18)16-9-22-25(33-12-16)23(36-35-22)14-32-20-1-4-31-21-10-17(13-34-24(20)21)26(29)2-5-30-6-3-26/h1,4,7-13,30H,2-3,5-6,14H2,(H,31,32)(H,35,36). The molecule has 0 spiro atoms. The number of fused-ring (bicyclic) bond motifs is 2. The maximum Gasteiger partial charge on any atom is 0.140 e. The third kappa shape index (κ3) is 4.13. The zero-order valence-electron chi connectivity index (χ0n) is 19.2. The lowest BCUT2D eigenvalue weighted by Gasteiger charge is -2.30. The summed E-state index contributed by atoms with van der Waals surface area (Å²) in [5.41, 5.74) is 4.07. The summed E-state index contributed by atoms with van der Waals surface area (Å²) in [6.45, 7) is 1.64. The molecule has 0 bridgehead atoms. The number of pyridine rings is 3. The number of halogens is 3. The molecule has 0 aliphatic carbocycles. The highest BCUT2D eigenvalue weighted by molar-refractivity contribution is 5.88. The van der Waals surface area contributed by atoms with E-state index in [-0.39, 0.29) is 0 Å². The van der Waals surface area contributed by atoms with Crippen LogP contribution in [0, 0.1) is 11.6 Å². The van der Waals surface area contributed by atoms with E-state index in [1.807, 2.05) is 6.07 Å². The molecule has 1 aliphatic heterocycles. The molecule has 0 radical (unpaired) electrons. The number of hydrogen-bond donors (Lipinski definition) is 3. The molecule has 182 valence electrons. The van der Waals surface area contributed by atoms with Crippen LogP contribution < -0.4 is 10.6 Å². The molecular formula is C26H22F3N7. The molecule has 1 fully saturated rings. The van der Waals surface area contributed by atoms with Crippen LogP contribution in [0.25, 0.3) is 33.2 Å². The number of nitrogens with zero attached hydrogens (tertiary/aromatic N) is 4. The number of H-pyrrole nitrogens is 1. The number of hydrogen-bond acceptors (Lipinski definition) is 6. The Bertz CT molecular complexity index is 1560. The van der Waals surface area contributed by atoms with Crippen LogP contribution in [0.4, 0.5) is 18.9 Å². The number of alkyl halides is 1. The van der Waals surface area contributed by atoms with Crippen molar-refractivity contribution in [3.05, 3.63) is 77.9 Å². The van der Waals surface area contributed by atoms with Crippen LogP contribution in [0.5, 0.6) is 0 Å². The molecule has 0 atom stereocenters. The molecule has 1 aromatic carbocycles. The van der Waals surface area contributed by atoms with Gasteiger partial charge < -0.3 is 10.6 Å². The molecule has 10 heteroatoms. The average Bonchev–Trinajstić information content (AvgIpc) is 3.29. The lowest BCUT2D eigenvalue weighted by molar-refractivity contribution is 0.115. The molecule has 1 saturated heterocycles. The Morgan fingerprint density at radius 1 is 0.861 bits per heavy atom. The van der Waals surface area contributed by atoms with E-state index in [4.69, 9.17) is 0 Å². The van der Waals surface area contributed by atoms with Crippen LogP contribution in [0.3, 0.4) is 0 Å². The van der Waals surface area contributed by atoms with Crippen molar-refractivity contribution in [1.82, 2.24) is 30.5 Å². The highest BCUT2D eigenvalue weighted by Gasteiger charge is 2.34. The van der Waals surface area contributed by atoms with Crippen molar-refractivity contribution in [2.45, 2.75) is 25.1 Å². The highest BCUT2D eigenvalue weighted by atomic mass is 19.1. The fourth-order valence-electron chi connectivity index (χ4n) is 4.67. The van der Waals surface area contributed by atoms with Gasteiger partial charge in [-0.25, -0.2) is 13.2 Å². The van der Waals surface area contributed by atoms with Crippen molar-refractivity contribution in [3.8, 4) is 11.1 Å². The van der Waals surface area contributed by atoms with Gasteiger partial charge in [0.05, 0.1) is 23.4 Å². The minimum Gasteiger partial charge on any atom is -0.377 e. The molecule has 0 saturated carbocycles. The van der Waals surface area contributed by atoms with E-state index < -0.39 is 17.3 Å². The molecule has 4 aromatic heterocycles. The average molecular weight is 490 g/mol. The number of benzene rings is 1. The van der Waals surface area contributed by atoms with Gasteiger partial charge in [-0.15, -0.1) is 0 Å². The summed E-state index contributed by atoms with van der Waals surface area (Å²) in [6.07, 6.45) is 5.65. The Morgan fingerprint density at radius 3 is 2.44 bits per heavy atom. The van der Waals surface area contributed by atoms with Gasteiger partial charge in [0.2, 0.25) is 0 Å². The Balaban J connectivity index is 1.25. The van der Waals surface area contributed by atoms with E-state index in [0.29, 0.717) is 71.2 Å². The van der Waals surface area contributed by atoms with Crippen molar-refractivity contribution < 1.29 is 13.2 Å². The van der Waals surface area contributed by atoms with Gasteiger partial charge in [0, 0.05) is 35.8 Å². The zero-order chi connectivity index (χ0) is 24.7. The molecule has 1 aliphatic rings. The maximum atomic E-state index is 15.4. The smallest absolute Gasteiger partial charge is 0.140 e. The van der Waals surface area contributed by atoms with Gasteiger partial charge in [-0.05, 0) is 61.8 Å². The second-order valence-electron chi connectivity index (χ2n) is 8.97. The van der Waals surface area contributed by atoms with Gasteiger partial charge in [0.1, 0.15) is 33.9 Å². The van der Waals surface area contributed by atoms with Gasteiger partial charge >= 0.3 is 0 Å². The fourth-order valence-corrected chi connectivity index (χ4v) is 4.67. The summed E-state index contributed by atoms with van der Waals surface area (Å²) in [5.74, 6) is -1.31. The fraction of sp³-hybridized carbons (Fsp3) is 0.231. The van der Waals surface area contributed by atoms with Crippen molar-refractivity contribution >= 4 is 27.8 Å².